The molecule has 0 aliphatic carbocycles. The fourth-order valence-electron chi connectivity index (χ4n) is 1.73. The first kappa shape index (κ1) is 12.3. The van der Waals surface area contributed by atoms with E-state index in [1.54, 1.807) is 6.92 Å². The van der Waals surface area contributed by atoms with Gasteiger partial charge in [-0.2, -0.15) is 0 Å². The molecule has 18 heavy (non-hydrogen) atoms. The zero-order chi connectivity index (χ0) is 13.1. The van der Waals surface area contributed by atoms with Crippen LogP contribution in [0.3, 0.4) is 0 Å². The number of carbonyl (C=O) groups excluding carboxylic acids is 2. The molecule has 1 heterocycles. The van der Waals surface area contributed by atoms with E-state index in [2.05, 4.69) is 5.32 Å². The first-order valence-corrected chi connectivity index (χ1v) is 5.63. The van der Waals surface area contributed by atoms with Gasteiger partial charge in [0.15, 0.2) is 0 Å². The van der Waals surface area contributed by atoms with Crippen LogP contribution < -0.4 is 5.32 Å². The van der Waals surface area contributed by atoms with Crippen LogP contribution in [0.1, 0.15) is 18.6 Å². The molecule has 5 nitrogen and oxygen atoms in total. The zero-order valence-electron chi connectivity index (χ0n) is 9.85. The Morgan fingerprint density at radius 1 is 1.50 bits per heavy atom. The second-order valence-corrected chi connectivity index (χ2v) is 3.87. The first-order chi connectivity index (χ1) is 8.61. The van der Waals surface area contributed by atoms with Gasteiger partial charge in [-0.3, -0.25) is 0 Å². The Hall–Kier alpha value is -2.11. The lowest BCUT2D eigenvalue weighted by atomic mass is 10.1. The van der Waals surface area contributed by atoms with Gasteiger partial charge in [-0.05, 0) is 24.6 Å². The minimum atomic E-state index is -0.685. The van der Waals surface area contributed by atoms with Crippen molar-refractivity contribution < 1.29 is 18.7 Å². The summed E-state index contributed by atoms with van der Waals surface area (Å²) >= 11 is 0. The summed E-state index contributed by atoms with van der Waals surface area (Å²) in [7, 11) is 0. The molecule has 2 rings (SSSR count). The average molecular weight is 252 g/mol. The molecule has 1 unspecified atom stereocenters. The van der Waals surface area contributed by atoms with Crippen molar-refractivity contribution in [2.24, 2.45) is 0 Å². The second kappa shape index (κ2) is 5.03. The van der Waals surface area contributed by atoms with Crippen LogP contribution in [0.4, 0.5) is 14.0 Å². The highest BCUT2D eigenvalue weighted by Gasteiger charge is 2.36. The molecular weight excluding hydrogens is 239 g/mol. The van der Waals surface area contributed by atoms with E-state index in [0.717, 1.165) is 4.90 Å². The topological polar surface area (TPSA) is 58.6 Å². The number of amides is 3. The molecule has 96 valence electrons. The Morgan fingerprint density at radius 3 is 2.78 bits per heavy atom. The lowest BCUT2D eigenvalue weighted by Gasteiger charge is -2.11. The number of halogens is 1. The maximum absolute atomic E-state index is 12.8. The van der Waals surface area contributed by atoms with E-state index >= 15 is 0 Å². The molecule has 0 bridgehead atoms. The predicted molar refractivity (Wildman–Crippen MR) is 61.4 cm³/mol. The number of hydrogen-bond acceptors (Lipinski definition) is 3. The minimum Gasteiger partial charge on any atom is -0.439 e. The van der Waals surface area contributed by atoms with Gasteiger partial charge in [-0.1, -0.05) is 12.1 Å². The molecule has 0 spiro atoms. The third-order valence-corrected chi connectivity index (χ3v) is 2.63. The lowest BCUT2D eigenvalue weighted by molar-refractivity contribution is 0.134. The number of nitrogens with one attached hydrogen (secondary N) is 1. The van der Waals surface area contributed by atoms with Gasteiger partial charge in [-0.25, -0.2) is 18.9 Å². The molecule has 0 saturated carbocycles. The van der Waals surface area contributed by atoms with Crippen molar-refractivity contribution in [3.05, 3.63) is 35.6 Å². The predicted octanol–water partition coefficient (Wildman–Crippen LogP) is 2.05. The summed E-state index contributed by atoms with van der Waals surface area (Å²) in [5, 5.41) is 2.53. The Kier molecular flexibility index (Phi) is 3.45. The molecule has 1 aliphatic rings. The van der Waals surface area contributed by atoms with Gasteiger partial charge in [0.1, 0.15) is 11.9 Å². The van der Waals surface area contributed by atoms with Gasteiger partial charge >= 0.3 is 12.1 Å². The van der Waals surface area contributed by atoms with Crippen molar-refractivity contribution in [3.8, 4) is 0 Å². The van der Waals surface area contributed by atoms with E-state index < -0.39 is 18.2 Å². The number of urea groups is 1. The van der Waals surface area contributed by atoms with Crippen LogP contribution in [0.2, 0.25) is 0 Å². The van der Waals surface area contributed by atoms with Crippen molar-refractivity contribution in [2.75, 3.05) is 13.1 Å². The largest absolute Gasteiger partial charge is 0.439 e. The van der Waals surface area contributed by atoms with E-state index in [1.165, 1.54) is 24.3 Å². The summed E-state index contributed by atoms with van der Waals surface area (Å²) in [4.78, 5) is 24.0. The highest BCUT2D eigenvalue weighted by atomic mass is 19.1. The van der Waals surface area contributed by atoms with E-state index in [-0.39, 0.29) is 12.4 Å². The van der Waals surface area contributed by atoms with E-state index in [9.17, 15) is 14.0 Å². The summed E-state index contributed by atoms with van der Waals surface area (Å²) in [6.07, 6.45) is -1.23. The number of ether oxygens (including phenoxy) is 1. The number of cyclic esters (lactones) is 1. The molecule has 1 saturated heterocycles. The minimum absolute atomic E-state index is 0.135. The molecule has 1 aromatic carbocycles. The first-order valence-electron chi connectivity index (χ1n) is 5.63. The molecule has 1 aliphatic heterocycles. The van der Waals surface area contributed by atoms with Crippen molar-refractivity contribution in [1.82, 2.24) is 10.2 Å². The Labute approximate surface area is 104 Å². The van der Waals surface area contributed by atoms with Crippen LogP contribution in [0, 0.1) is 5.82 Å². The van der Waals surface area contributed by atoms with Crippen LogP contribution in [-0.4, -0.2) is 30.1 Å². The summed E-state index contributed by atoms with van der Waals surface area (Å²) in [5.74, 6) is -0.358. The highest BCUT2D eigenvalue weighted by Crippen LogP contribution is 2.26. The molecule has 0 radical (unpaired) electrons. The SMILES string of the molecule is CCNC(=O)N1CC(c2ccc(F)cc2)OC1=O. The summed E-state index contributed by atoms with van der Waals surface area (Å²) < 4.78 is 17.8. The van der Waals surface area contributed by atoms with Gasteiger partial charge < -0.3 is 10.1 Å². The van der Waals surface area contributed by atoms with Crippen molar-refractivity contribution in [2.45, 2.75) is 13.0 Å². The third-order valence-electron chi connectivity index (χ3n) is 2.63. The number of nitrogens with zero attached hydrogens (tertiary/aromatic N) is 1. The Bertz CT molecular complexity index is 461. The second-order valence-electron chi connectivity index (χ2n) is 3.87. The van der Waals surface area contributed by atoms with Crippen LogP contribution in [0.25, 0.3) is 0 Å². The highest BCUT2D eigenvalue weighted by molar-refractivity contribution is 5.92. The molecule has 1 fully saturated rings. The van der Waals surface area contributed by atoms with Crippen LogP contribution in [0.5, 0.6) is 0 Å². The van der Waals surface area contributed by atoms with E-state index in [0.29, 0.717) is 12.1 Å². The number of imide groups is 1. The van der Waals surface area contributed by atoms with E-state index in [4.69, 9.17) is 4.74 Å². The maximum Gasteiger partial charge on any atom is 0.418 e. The molecule has 1 N–H and O–H groups in total. The lowest BCUT2D eigenvalue weighted by Crippen LogP contribution is -2.40. The zero-order valence-corrected chi connectivity index (χ0v) is 9.85. The Balaban J connectivity index is 2.08. The number of rotatable bonds is 2. The van der Waals surface area contributed by atoms with Crippen LogP contribution in [-0.2, 0) is 4.74 Å². The van der Waals surface area contributed by atoms with Gasteiger partial charge in [0.25, 0.3) is 0 Å². The van der Waals surface area contributed by atoms with E-state index in [1.807, 2.05) is 0 Å². The maximum atomic E-state index is 12.8. The average Bonchev–Trinajstić information content (AvgIpc) is 2.72. The third kappa shape index (κ3) is 2.42. The Morgan fingerprint density at radius 2 is 2.17 bits per heavy atom. The fraction of sp³-hybridized carbons (Fsp3) is 0.333. The standard InChI is InChI=1S/C12H13FN2O3/c1-2-14-11(16)15-7-10(18-12(15)17)8-3-5-9(13)6-4-8/h3-6,10H,2,7H2,1H3,(H,14,16). The van der Waals surface area contributed by atoms with Crippen LogP contribution >= 0.6 is 0 Å². The number of benzene rings is 1. The summed E-state index contributed by atoms with van der Waals surface area (Å²) in [5.41, 5.74) is 0.663. The van der Waals surface area contributed by atoms with Crippen LogP contribution in [0.15, 0.2) is 24.3 Å². The van der Waals surface area contributed by atoms with Gasteiger partial charge in [-0.15, -0.1) is 0 Å². The molecule has 3 amide bonds. The smallest absolute Gasteiger partial charge is 0.418 e. The normalized spacial score (nSPS) is 18.7. The van der Waals surface area contributed by atoms with Gasteiger partial charge in [0, 0.05) is 6.54 Å². The van der Waals surface area contributed by atoms with Crippen molar-refractivity contribution in [3.63, 3.8) is 0 Å². The fourth-order valence-corrected chi connectivity index (χ4v) is 1.73. The van der Waals surface area contributed by atoms with Gasteiger partial charge in [0.05, 0.1) is 6.54 Å². The number of hydrogen-bond donors (Lipinski definition) is 1. The van der Waals surface area contributed by atoms with Gasteiger partial charge in [0.2, 0.25) is 0 Å². The molecular formula is C12H13FN2O3. The monoisotopic (exact) mass is 252 g/mol. The molecule has 1 aromatic rings. The summed E-state index contributed by atoms with van der Waals surface area (Å²) in [6.45, 7) is 2.33. The molecule has 0 aromatic heterocycles. The van der Waals surface area contributed by atoms with Crippen molar-refractivity contribution in [1.29, 1.82) is 0 Å². The molecule has 1 atom stereocenters. The molecule has 6 heteroatoms. The summed E-state index contributed by atoms with van der Waals surface area (Å²) in [6, 6.07) is 5.17. The van der Waals surface area contributed by atoms with Crippen molar-refractivity contribution >= 4 is 12.1 Å². The number of carbonyl (C=O) groups is 2. The quantitative estimate of drug-likeness (QED) is 0.876.